The van der Waals surface area contributed by atoms with Crippen molar-refractivity contribution in [1.29, 1.82) is 0 Å². The first kappa shape index (κ1) is 15.6. The van der Waals surface area contributed by atoms with E-state index in [2.05, 4.69) is 4.37 Å². The fourth-order valence-corrected chi connectivity index (χ4v) is 3.53. The van der Waals surface area contributed by atoms with Crippen LogP contribution in [0.25, 0.3) is 22.4 Å². The summed E-state index contributed by atoms with van der Waals surface area (Å²) < 4.78 is 26.2. The van der Waals surface area contributed by atoms with Gasteiger partial charge in [-0.2, -0.15) is 4.37 Å². The highest BCUT2D eigenvalue weighted by Crippen LogP contribution is 2.46. The summed E-state index contributed by atoms with van der Waals surface area (Å²) in [7, 11) is 3.20. The minimum atomic E-state index is 0.189. The van der Waals surface area contributed by atoms with Crippen molar-refractivity contribution in [3.63, 3.8) is 0 Å². The van der Waals surface area contributed by atoms with Crippen LogP contribution in [0.3, 0.4) is 0 Å². The van der Waals surface area contributed by atoms with E-state index in [1.807, 2.05) is 35.7 Å². The van der Waals surface area contributed by atoms with Crippen LogP contribution in [0.4, 0.5) is 5.69 Å². The smallest absolute Gasteiger partial charge is 0.231 e. The number of nitrogen functional groups attached to an aromatic ring is 1. The Hall–Kier alpha value is -2.93. The molecule has 6 nitrogen and oxygen atoms in total. The number of benzene rings is 2. The molecule has 0 saturated heterocycles. The first-order valence-electron chi connectivity index (χ1n) is 7.57. The van der Waals surface area contributed by atoms with Crippen LogP contribution < -0.4 is 24.7 Å². The molecule has 0 saturated carbocycles. The Bertz CT molecular complexity index is 939. The lowest BCUT2D eigenvalue weighted by Crippen LogP contribution is -1.93. The van der Waals surface area contributed by atoms with Gasteiger partial charge in [-0.15, -0.1) is 0 Å². The van der Waals surface area contributed by atoms with Crippen molar-refractivity contribution in [2.24, 2.45) is 0 Å². The number of rotatable bonds is 4. The molecule has 7 heteroatoms. The maximum atomic E-state index is 6.05. The van der Waals surface area contributed by atoms with Crippen LogP contribution in [-0.2, 0) is 0 Å². The molecule has 0 amide bonds. The molecule has 0 aliphatic carbocycles. The Morgan fingerprint density at radius 1 is 1.04 bits per heavy atom. The van der Waals surface area contributed by atoms with Crippen molar-refractivity contribution in [3.05, 3.63) is 35.7 Å². The molecule has 128 valence electrons. The fourth-order valence-electron chi connectivity index (χ4n) is 2.82. The molecule has 0 fully saturated rings. The third-order valence-electron chi connectivity index (χ3n) is 4.04. The van der Waals surface area contributed by atoms with E-state index in [1.54, 1.807) is 14.2 Å². The second kappa shape index (κ2) is 6.18. The van der Waals surface area contributed by atoms with E-state index < -0.39 is 0 Å². The van der Waals surface area contributed by atoms with E-state index >= 15 is 0 Å². The molecule has 0 radical (unpaired) electrons. The van der Waals surface area contributed by atoms with E-state index in [0.29, 0.717) is 28.7 Å². The molecule has 1 aliphatic rings. The summed E-state index contributed by atoms with van der Waals surface area (Å²) in [6.07, 6.45) is 0. The predicted molar refractivity (Wildman–Crippen MR) is 96.6 cm³/mol. The minimum Gasteiger partial charge on any atom is -0.495 e. The zero-order valence-electron chi connectivity index (χ0n) is 13.7. The molecule has 25 heavy (non-hydrogen) atoms. The Morgan fingerprint density at radius 2 is 1.88 bits per heavy atom. The first-order chi connectivity index (χ1) is 12.2. The Morgan fingerprint density at radius 3 is 2.64 bits per heavy atom. The van der Waals surface area contributed by atoms with Crippen LogP contribution in [0.5, 0.6) is 23.0 Å². The summed E-state index contributed by atoms with van der Waals surface area (Å²) in [4.78, 5) is 0. The second-order valence-corrected chi connectivity index (χ2v) is 6.07. The van der Waals surface area contributed by atoms with E-state index in [9.17, 15) is 0 Å². The third kappa shape index (κ3) is 2.62. The fraction of sp³-hybridized carbons (Fsp3) is 0.167. The van der Waals surface area contributed by atoms with E-state index in [-0.39, 0.29) is 6.79 Å². The zero-order valence-corrected chi connectivity index (χ0v) is 14.6. The Kier molecular flexibility index (Phi) is 3.85. The highest BCUT2D eigenvalue weighted by atomic mass is 32.1. The molecular weight excluding hydrogens is 340 g/mol. The largest absolute Gasteiger partial charge is 0.495 e. The van der Waals surface area contributed by atoms with E-state index in [4.69, 9.17) is 24.7 Å². The minimum absolute atomic E-state index is 0.189. The van der Waals surface area contributed by atoms with Crippen LogP contribution in [-0.4, -0.2) is 25.4 Å². The first-order valence-corrected chi connectivity index (χ1v) is 8.41. The number of aromatic nitrogens is 1. The summed E-state index contributed by atoms with van der Waals surface area (Å²) in [5, 5.41) is 1.99. The van der Waals surface area contributed by atoms with Crippen LogP contribution in [0.1, 0.15) is 0 Å². The van der Waals surface area contributed by atoms with Gasteiger partial charge in [0, 0.05) is 16.5 Å². The molecule has 0 atom stereocenters. The van der Waals surface area contributed by atoms with Gasteiger partial charge >= 0.3 is 0 Å². The molecule has 0 spiro atoms. The zero-order chi connectivity index (χ0) is 17.4. The van der Waals surface area contributed by atoms with Crippen molar-refractivity contribution >= 4 is 17.2 Å². The van der Waals surface area contributed by atoms with Gasteiger partial charge in [0.25, 0.3) is 0 Å². The van der Waals surface area contributed by atoms with Gasteiger partial charge in [0.1, 0.15) is 5.75 Å². The van der Waals surface area contributed by atoms with Crippen molar-refractivity contribution in [2.75, 3.05) is 26.7 Å². The summed E-state index contributed by atoms with van der Waals surface area (Å²) >= 11 is 1.38. The molecule has 0 unspecified atom stereocenters. The third-order valence-corrected chi connectivity index (χ3v) is 4.67. The van der Waals surface area contributed by atoms with E-state index in [0.717, 1.165) is 22.4 Å². The maximum Gasteiger partial charge on any atom is 0.231 e. The van der Waals surface area contributed by atoms with Crippen molar-refractivity contribution in [3.8, 4) is 45.4 Å². The van der Waals surface area contributed by atoms with Crippen LogP contribution in [0.15, 0.2) is 35.7 Å². The molecule has 1 aromatic heterocycles. The molecule has 2 heterocycles. The average molecular weight is 356 g/mol. The van der Waals surface area contributed by atoms with E-state index in [1.165, 1.54) is 11.5 Å². The number of methoxy groups -OCH3 is 2. The van der Waals surface area contributed by atoms with Gasteiger partial charge in [0.2, 0.25) is 12.5 Å². The number of ether oxygens (including phenoxy) is 4. The van der Waals surface area contributed by atoms with Gasteiger partial charge in [0.05, 0.1) is 25.6 Å². The number of hydrogen-bond acceptors (Lipinski definition) is 7. The molecular formula is C18H16N2O4S. The topological polar surface area (TPSA) is 75.8 Å². The summed E-state index contributed by atoms with van der Waals surface area (Å²) in [6, 6.07) is 9.52. The molecule has 3 aromatic rings. The van der Waals surface area contributed by atoms with Gasteiger partial charge < -0.3 is 24.7 Å². The lowest BCUT2D eigenvalue weighted by atomic mass is 10.0. The number of hydrogen-bond donors (Lipinski definition) is 1. The Balaban J connectivity index is 1.82. The summed E-state index contributed by atoms with van der Waals surface area (Å²) in [5.74, 6) is 2.55. The lowest BCUT2D eigenvalue weighted by Gasteiger charge is -2.10. The van der Waals surface area contributed by atoms with Gasteiger partial charge in [-0.1, -0.05) is 6.07 Å². The summed E-state index contributed by atoms with van der Waals surface area (Å²) in [5.41, 5.74) is 10.3. The molecule has 4 rings (SSSR count). The van der Waals surface area contributed by atoms with Gasteiger partial charge in [0.15, 0.2) is 11.5 Å². The van der Waals surface area contributed by atoms with Crippen molar-refractivity contribution in [2.45, 2.75) is 0 Å². The Labute approximate surface area is 148 Å². The summed E-state index contributed by atoms with van der Waals surface area (Å²) in [6.45, 7) is 0.189. The van der Waals surface area contributed by atoms with Crippen molar-refractivity contribution < 1.29 is 18.9 Å². The lowest BCUT2D eigenvalue weighted by molar-refractivity contribution is 0.171. The van der Waals surface area contributed by atoms with Crippen LogP contribution >= 0.6 is 11.5 Å². The average Bonchev–Trinajstić information content (AvgIpc) is 3.29. The second-order valence-electron chi connectivity index (χ2n) is 5.45. The highest BCUT2D eigenvalue weighted by molar-refractivity contribution is 7.04. The number of nitrogens with zero attached hydrogens (tertiary/aromatic N) is 1. The van der Waals surface area contributed by atoms with Gasteiger partial charge in [-0.3, -0.25) is 0 Å². The van der Waals surface area contributed by atoms with Gasteiger partial charge in [-0.25, -0.2) is 0 Å². The number of fused-ring (bicyclic) bond motifs is 1. The highest BCUT2D eigenvalue weighted by Gasteiger charge is 2.22. The van der Waals surface area contributed by atoms with Crippen LogP contribution in [0, 0.1) is 0 Å². The molecule has 1 aliphatic heterocycles. The molecule has 2 aromatic carbocycles. The molecule has 0 bridgehead atoms. The van der Waals surface area contributed by atoms with Gasteiger partial charge in [-0.05, 0) is 41.4 Å². The maximum absolute atomic E-state index is 6.05. The normalized spacial score (nSPS) is 12.2. The predicted octanol–water partition coefficient (Wildman–Crippen LogP) is 3.81. The molecule has 2 N–H and O–H groups in total. The van der Waals surface area contributed by atoms with Crippen molar-refractivity contribution in [1.82, 2.24) is 4.37 Å². The van der Waals surface area contributed by atoms with Crippen LogP contribution in [0.2, 0.25) is 0 Å². The number of anilines is 1. The monoisotopic (exact) mass is 356 g/mol. The SMILES string of the molecule is COc1ccc(-c2csnc2-c2cc(OC)c3c(c2)OCO3)cc1N. The standard InChI is InChI=1S/C18H16N2O4S/c1-21-14-4-3-10(5-13(14)19)12-8-25-20-17(12)11-6-15(22-2)18-16(7-11)23-9-24-18/h3-8H,9,19H2,1-2H3. The quantitative estimate of drug-likeness (QED) is 0.717. The number of nitrogens with two attached hydrogens (primary N) is 1.